The van der Waals surface area contributed by atoms with Crippen LogP contribution in [0.25, 0.3) is 0 Å². The van der Waals surface area contributed by atoms with Crippen LogP contribution in [0.2, 0.25) is 10.0 Å². The van der Waals surface area contributed by atoms with Gasteiger partial charge < -0.3 is 14.6 Å². The average Bonchev–Trinajstić information content (AvgIpc) is 3.19. The zero-order chi connectivity index (χ0) is 28.9. The molecule has 0 spiro atoms. The highest BCUT2D eigenvalue weighted by atomic mass is 35.5. The number of aromatic hydroxyl groups is 1. The first-order valence-electron chi connectivity index (χ1n) is 13.0. The van der Waals surface area contributed by atoms with E-state index in [2.05, 4.69) is 12.0 Å². The van der Waals surface area contributed by atoms with Crippen molar-refractivity contribution in [2.45, 2.75) is 18.3 Å². The summed E-state index contributed by atoms with van der Waals surface area (Å²) in [5, 5.41) is 11.9. The van der Waals surface area contributed by atoms with E-state index in [9.17, 15) is 14.7 Å². The van der Waals surface area contributed by atoms with Gasteiger partial charge in [-0.2, -0.15) is 5.01 Å². The van der Waals surface area contributed by atoms with Gasteiger partial charge in [0.25, 0.3) is 11.8 Å². The van der Waals surface area contributed by atoms with Gasteiger partial charge in [-0.25, -0.2) is 0 Å². The van der Waals surface area contributed by atoms with Crippen LogP contribution in [0.3, 0.4) is 0 Å². The molecular weight excluding hydrogens is 563 g/mol. The molecule has 6 rings (SSSR count). The molecule has 1 saturated heterocycles. The highest BCUT2D eigenvalue weighted by molar-refractivity contribution is 6.36. The van der Waals surface area contributed by atoms with Gasteiger partial charge >= 0.3 is 0 Å². The number of hydrogen-bond acceptors (Lipinski definition) is 6. The summed E-state index contributed by atoms with van der Waals surface area (Å²) in [5.41, 5.74) is 5.04. The second kappa shape index (κ2) is 10.3. The van der Waals surface area contributed by atoms with Gasteiger partial charge in [0.2, 0.25) is 0 Å². The van der Waals surface area contributed by atoms with Crippen molar-refractivity contribution < 1.29 is 24.2 Å². The molecule has 3 aliphatic rings. The maximum absolute atomic E-state index is 14.8. The Morgan fingerprint density at radius 2 is 1.90 bits per heavy atom. The van der Waals surface area contributed by atoms with Crippen molar-refractivity contribution in [3.8, 4) is 17.2 Å². The van der Waals surface area contributed by atoms with E-state index >= 15 is 0 Å². The molecule has 1 aliphatic carbocycles. The van der Waals surface area contributed by atoms with Crippen LogP contribution in [0.1, 0.15) is 17.5 Å². The minimum Gasteiger partial charge on any atom is -0.508 e. The van der Waals surface area contributed by atoms with Crippen LogP contribution in [0.4, 0.5) is 5.69 Å². The first kappa shape index (κ1) is 27.0. The van der Waals surface area contributed by atoms with Crippen molar-refractivity contribution in [1.82, 2.24) is 5.01 Å². The van der Waals surface area contributed by atoms with Gasteiger partial charge in [-0.05, 0) is 71.7 Å². The molecule has 2 amide bonds. The number of carbonyl (C=O) groups excluding carboxylic acids is 2. The maximum atomic E-state index is 14.8. The Balaban J connectivity index is 1.53. The fourth-order valence-corrected chi connectivity index (χ4v) is 6.74. The second-order valence-electron chi connectivity index (χ2n) is 10.2. The number of nitrogens with zero attached hydrogens (tertiary/aromatic N) is 1. The number of ether oxygens (including phenoxy) is 2. The molecule has 0 saturated carbocycles. The first-order valence-corrected chi connectivity index (χ1v) is 13.8. The van der Waals surface area contributed by atoms with Gasteiger partial charge in [0.1, 0.15) is 17.2 Å². The van der Waals surface area contributed by atoms with Crippen molar-refractivity contribution in [2.75, 3.05) is 12.5 Å². The van der Waals surface area contributed by atoms with Crippen molar-refractivity contribution in [1.29, 1.82) is 0 Å². The number of rotatable bonds is 6. The fourth-order valence-electron chi connectivity index (χ4n) is 6.29. The lowest BCUT2D eigenvalue weighted by atomic mass is 9.55. The van der Waals surface area contributed by atoms with E-state index < -0.39 is 23.2 Å². The summed E-state index contributed by atoms with van der Waals surface area (Å²) in [7, 11) is 1.57. The number of phenolic OH excluding ortho intramolecular Hbond substituents is 1. The minimum absolute atomic E-state index is 0.113. The SMILES string of the molecule is C=CC1=CC[C@H]2C(=O)N(Nc3ccc(Cl)cc3Cl)C(=O)[C@@]2(c2ccc(OC)cc2)[C@H]1C1=COc2ccc(O)cc2C1. The largest absolute Gasteiger partial charge is 0.508 e. The van der Waals surface area contributed by atoms with Gasteiger partial charge in [-0.15, -0.1) is 0 Å². The van der Waals surface area contributed by atoms with Crippen molar-refractivity contribution in [2.24, 2.45) is 11.8 Å². The maximum Gasteiger partial charge on any atom is 0.260 e. The van der Waals surface area contributed by atoms with Gasteiger partial charge in [0.05, 0.1) is 35.4 Å². The third-order valence-corrected chi connectivity index (χ3v) is 8.66. The number of hydrazine groups is 1. The molecule has 3 aromatic rings. The Bertz CT molecular complexity index is 1650. The van der Waals surface area contributed by atoms with E-state index in [1.54, 1.807) is 68.0 Å². The summed E-state index contributed by atoms with van der Waals surface area (Å²) in [4.78, 5) is 28.9. The average molecular weight is 589 g/mol. The van der Waals surface area contributed by atoms with E-state index in [0.29, 0.717) is 40.6 Å². The van der Waals surface area contributed by atoms with Crippen LogP contribution in [-0.4, -0.2) is 29.0 Å². The molecule has 1 fully saturated rings. The summed E-state index contributed by atoms with van der Waals surface area (Å²) in [6.07, 6.45) is 6.08. The Labute approximate surface area is 247 Å². The molecule has 0 radical (unpaired) electrons. The lowest BCUT2D eigenvalue weighted by molar-refractivity contribution is -0.138. The number of imide groups is 1. The van der Waals surface area contributed by atoms with Crippen molar-refractivity contribution in [3.05, 3.63) is 118 Å². The summed E-state index contributed by atoms with van der Waals surface area (Å²) in [6, 6.07) is 16.9. The Hall–Kier alpha value is -4.20. The summed E-state index contributed by atoms with van der Waals surface area (Å²) in [6.45, 7) is 4.05. The molecule has 7 nitrogen and oxygen atoms in total. The van der Waals surface area contributed by atoms with Crippen LogP contribution in [0.5, 0.6) is 17.2 Å². The monoisotopic (exact) mass is 588 g/mol. The smallest absolute Gasteiger partial charge is 0.260 e. The van der Waals surface area contributed by atoms with Gasteiger partial charge in [0, 0.05) is 22.9 Å². The molecule has 41 heavy (non-hydrogen) atoms. The number of benzene rings is 3. The van der Waals surface area contributed by atoms with Gasteiger partial charge in [-0.3, -0.25) is 15.0 Å². The zero-order valence-corrected chi connectivity index (χ0v) is 23.6. The number of nitrogens with one attached hydrogen (secondary N) is 1. The lowest BCUT2D eigenvalue weighted by Crippen LogP contribution is -2.51. The highest BCUT2D eigenvalue weighted by Crippen LogP contribution is 2.57. The number of methoxy groups -OCH3 is 1. The summed E-state index contributed by atoms with van der Waals surface area (Å²) in [5.74, 6) is -0.773. The fraction of sp³-hybridized carbons (Fsp3) is 0.188. The van der Waals surface area contributed by atoms with Crippen LogP contribution in [0, 0.1) is 11.8 Å². The molecule has 9 heteroatoms. The molecule has 3 atom stereocenters. The number of carbonyl (C=O) groups is 2. The molecule has 208 valence electrons. The number of hydrogen-bond donors (Lipinski definition) is 2. The highest BCUT2D eigenvalue weighted by Gasteiger charge is 2.66. The first-order chi connectivity index (χ1) is 19.8. The summed E-state index contributed by atoms with van der Waals surface area (Å²) >= 11 is 12.5. The third-order valence-electron chi connectivity index (χ3n) is 8.12. The van der Waals surface area contributed by atoms with Crippen molar-refractivity contribution in [3.63, 3.8) is 0 Å². The number of fused-ring (bicyclic) bond motifs is 2. The van der Waals surface area contributed by atoms with E-state index in [1.165, 1.54) is 0 Å². The van der Waals surface area contributed by atoms with Crippen LogP contribution < -0.4 is 14.9 Å². The van der Waals surface area contributed by atoms with E-state index in [-0.39, 0.29) is 16.7 Å². The molecule has 2 heterocycles. The summed E-state index contributed by atoms with van der Waals surface area (Å²) < 4.78 is 11.4. The lowest BCUT2D eigenvalue weighted by Gasteiger charge is -2.44. The molecular formula is C32H26Cl2N2O5. The quantitative estimate of drug-likeness (QED) is 0.315. The molecule has 2 N–H and O–H groups in total. The van der Waals surface area contributed by atoms with Crippen LogP contribution in [0.15, 0.2) is 96.8 Å². The predicted molar refractivity (Wildman–Crippen MR) is 157 cm³/mol. The second-order valence-corrected chi connectivity index (χ2v) is 11.1. The van der Waals surface area contributed by atoms with E-state index in [0.717, 1.165) is 21.7 Å². The van der Waals surface area contributed by atoms with Crippen LogP contribution in [-0.2, 0) is 21.4 Å². The van der Waals surface area contributed by atoms with Gasteiger partial charge in [0.15, 0.2) is 0 Å². The molecule has 3 aromatic carbocycles. The van der Waals surface area contributed by atoms with Crippen molar-refractivity contribution >= 4 is 40.7 Å². The molecule has 0 unspecified atom stereocenters. The zero-order valence-electron chi connectivity index (χ0n) is 22.1. The number of phenols is 1. The number of allylic oxidation sites excluding steroid dienone is 4. The normalized spacial score (nSPS) is 23.1. The number of halogens is 2. The molecule has 2 aliphatic heterocycles. The van der Waals surface area contributed by atoms with E-state index in [1.807, 2.05) is 18.2 Å². The number of amides is 2. The minimum atomic E-state index is -1.34. The Morgan fingerprint density at radius 3 is 2.61 bits per heavy atom. The molecule has 0 bridgehead atoms. The molecule has 0 aromatic heterocycles. The third kappa shape index (κ3) is 4.28. The van der Waals surface area contributed by atoms with Gasteiger partial charge in [-0.1, -0.05) is 54.1 Å². The van der Waals surface area contributed by atoms with E-state index in [4.69, 9.17) is 32.7 Å². The standard InChI is InChI=1S/C32H26Cl2N2O5/c1-3-18-4-11-25-30(38)36(35-27-12-7-22(33)16-26(27)34)31(39)32(25,21-5-9-24(40-2)10-6-21)29(18)20-14-19-15-23(37)8-13-28(19)41-17-20/h3-10,12-13,15-17,25,29,35,37H,1,11,14H2,2H3/t25-,29+,32+/m0/s1. The Kier molecular flexibility index (Phi) is 6.80. The topological polar surface area (TPSA) is 88.1 Å². The predicted octanol–water partition coefficient (Wildman–Crippen LogP) is 6.61. The number of anilines is 1. The van der Waals surface area contributed by atoms with Crippen LogP contribution >= 0.6 is 23.2 Å². The Morgan fingerprint density at radius 1 is 1.12 bits per heavy atom.